The van der Waals surface area contributed by atoms with E-state index in [1.807, 2.05) is 30.3 Å². The number of rotatable bonds is 4. The van der Waals surface area contributed by atoms with Crippen LogP contribution in [0, 0.1) is 5.82 Å². The number of carbonyl (C=O) groups is 1. The van der Waals surface area contributed by atoms with Crippen LogP contribution in [-0.4, -0.2) is 16.0 Å². The molecule has 0 saturated carbocycles. The summed E-state index contributed by atoms with van der Waals surface area (Å²) in [4.78, 5) is 16.7. The molecule has 1 heterocycles. The Morgan fingerprint density at radius 3 is 2.30 bits per heavy atom. The largest absolute Gasteiger partial charge is 0.334 e. The van der Waals surface area contributed by atoms with Gasteiger partial charge in [0, 0.05) is 16.7 Å². The molecule has 0 atom stereocenters. The first-order valence-electron chi connectivity index (χ1n) is 8.26. The molecule has 0 saturated heterocycles. The third-order valence-electron chi connectivity index (χ3n) is 3.97. The van der Waals surface area contributed by atoms with Gasteiger partial charge in [0.2, 0.25) is 5.82 Å². The van der Waals surface area contributed by atoms with Crippen LogP contribution in [0.5, 0.6) is 0 Å². The first kappa shape index (κ1) is 16.7. The second-order valence-corrected chi connectivity index (χ2v) is 5.80. The standard InChI is InChI=1S/C21H14FN3O2/c22-17-8-4-5-9-18(17)23-20(26)15-10-12-16(13-11-15)21-24-19(25-27-21)14-6-2-1-3-7-14/h1-13H,(H,23,26). The lowest BCUT2D eigenvalue weighted by molar-refractivity contribution is 0.102. The highest BCUT2D eigenvalue weighted by molar-refractivity contribution is 6.04. The van der Waals surface area contributed by atoms with E-state index in [0.29, 0.717) is 22.8 Å². The molecule has 0 radical (unpaired) electrons. The average molecular weight is 359 g/mol. The highest BCUT2D eigenvalue weighted by Gasteiger charge is 2.12. The second-order valence-electron chi connectivity index (χ2n) is 5.80. The molecule has 0 fully saturated rings. The fourth-order valence-corrected chi connectivity index (χ4v) is 2.57. The molecule has 0 aliphatic carbocycles. The Labute approximate surface area is 154 Å². The Balaban J connectivity index is 1.52. The molecule has 0 aliphatic rings. The summed E-state index contributed by atoms with van der Waals surface area (Å²) in [5, 5.41) is 6.52. The SMILES string of the molecule is O=C(Nc1ccccc1F)c1ccc(-c2nc(-c3ccccc3)no2)cc1. The van der Waals surface area contributed by atoms with Crippen molar-refractivity contribution in [2.75, 3.05) is 5.32 Å². The van der Waals surface area contributed by atoms with Crippen molar-refractivity contribution in [3.05, 3.63) is 90.2 Å². The maximum Gasteiger partial charge on any atom is 0.258 e. The number of nitrogens with one attached hydrogen (secondary N) is 1. The normalized spacial score (nSPS) is 10.6. The van der Waals surface area contributed by atoms with Gasteiger partial charge in [0.25, 0.3) is 11.8 Å². The summed E-state index contributed by atoms with van der Waals surface area (Å²) in [7, 11) is 0. The number of anilines is 1. The molecule has 132 valence electrons. The molecule has 3 aromatic carbocycles. The minimum absolute atomic E-state index is 0.135. The number of carbonyl (C=O) groups excluding carboxylic acids is 1. The summed E-state index contributed by atoms with van der Waals surface area (Å²) >= 11 is 0. The second kappa shape index (κ2) is 7.21. The number of nitrogens with zero attached hydrogens (tertiary/aromatic N) is 2. The molecule has 1 amide bonds. The summed E-state index contributed by atoms with van der Waals surface area (Å²) in [5.74, 6) is -0.0363. The summed E-state index contributed by atoms with van der Waals surface area (Å²) in [6.07, 6.45) is 0. The van der Waals surface area contributed by atoms with Crippen LogP contribution in [0.25, 0.3) is 22.8 Å². The van der Waals surface area contributed by atoms with E-state index in [1.54, 1.807) is 36.4 Å². The highest BCUT2D eigenvalue weighted by Crippen LogP contribution is 2.23. The van der Waals surface area contributed by atoms with Crippen LogP contribution in [0.1, 0.15) is 10.4 Å². The summed E-state index contributed by atoms with van der Waals surface area (Å²) < 4.78 is 19.0. The maximum atomic E-state index is 13.7. The van der Waals surface area contributed by atoms with Gasteiger partial charge in [-0.15, -0.1) is 0 Å². The fraction of sp³-hybridized carbons (Fsp3) is 0. The maximum absolute atomic E-state index is 13.7. The van der Waals surface area contributed by atoms with Crippen molar-refractivity contribution in [1.82, 2.24) is 10.1 Å². The van der Waals surface area contributed by atoms with E-state index in [2.05, 4.69) is 15.5 Å². The molecule has 6 heteroatoms. The number of aromatic nitrogens is 2. The molecule has 0 spiro atoms. The summed E-state index contributed by atoms with van der Waals surface area (Å²) in [6, 6.07) is 22.2. The molecule has 5 nitrogen and oxygen atoms in total. The van der Waals surface area contributed by atoms with Gasteiger partial charge in [-0.05, 0) is 36.4 Å². The summed E-state index contributed by atoms with van der Waals surface area (Å²) in [5.41, 5.74) is 2.07. The Kier molecular flexibility index (Phi) is 4.45. The van der Waals surface area contributed by atoms with Crippen molar-refractivity contribution in [3.63, 3.8) is 0 Å². The van der Waals surface area contributed by atoms with Crippen molar-refractivity contribution in [2.24, 2.45) is 0 Å². The van der Waals surface area contributed by atoms with Crippen LogP contribution in [0.15, 0.2) is 83.4 Å². The number of hydrogen-bond acceptors (Lipinski definition) is 4. The van der Waals surface area contributed by atoms with Gasteiger partial charge < -0.3 is 9.84 Å². The zero-order chi connectivity index (χ0) is 18.6. The predicted molar refractivity (Wildman–Crippen MR) is 99.5 cm³/mol. The van der Waals surface area contributed by atoms with Crippen molar-refractivity contribution in [3.8, 4) is 22.8 Å². The number of benzene rings is 3. The number of para-hydroxylation sites is 1. The van der Waals surface area contributed by atoms with Crippen molar-refractivity contribution in [1.29, 1.82) is 0 Å². The molecule has 4 aromatic rings. The highest BCUT2D eigenvalue weighted by atomic mass is 19.1. The molecule has 27 heavy (non-hydrogen) atoms. The fourth-order valence-electron chi connectivity index (χ4n) is 2.57. The zero-order valence-corrected chi connectivity index (χ0v) is 14.1. The van der Waals surface area contributed by atoms with Gasteiger partial charge in [0.05, 0.1) is 5.69 Å². The van der Waals surface area contributed by atoms with Crippen LogP contribution in [-0.2, 0) is 0 Å². The van der Waals surface area contributed by atoms with Gasteiger partial charge in [-0.1, -0.05) is 47.6 Å². The zero-order valence-electron chi connectivity index (χ0n) is 14.1. The Morgan fingerprint density at radius 2 is 1.56 bits per heavy atom. The third kappa shape index (κ3) is 3.59. The van der Waals surface area contributed by atoms with Gasteiger partial charge >= 0.3 is 0 Å². The molecule has 0 aliphatic heterocycles. The first-order valence-corrected chi connectivity index (χ1v) is 8.26. The van der Waals surface area contributed by atoms with Crippen LogP contribution in [0.4, 0.5) is 10.1 Å². The Morgan fingerprint density at radius 1 is 0.852 bits per heavy atom. The monoisotopic (exact) mass is 359 g/mol. The van der Waals surface area contributed by atoms with Gasteiger partial charge in [0.15, 0.2) is 0 Å². The Hall–Kier alpha value is -3.80. The van der Waals surface area contributed by atoms with Crippen LogP contribution in [0.3, 0.4) is 0 Å². The van der Waals surface area contributed by atoms with Crippen LogP contribution >= 0.6 is 0 Å². The van der Waals surface area contributed by atoms with Crippen molar-refractivity contribution < 1.29 is 13.7 Å². The summed E-state index contributed by atoms with van der Waals surface area (Å²) in [6.45, 7) is 0. The lowest BCUT2D eigenvalue weighted by Gasteiger charge is -2.06. The van der Waals surface area contributed by atoms with E-state index in [9.17, 15) is 9.18 Å². The molecule has 0 bridgehead atoms. The molecular weight excluding hydrogens is 345 g/mol. The lowest BCUT2D eigenvalue weighted by Crippen LogP contribution is -2.12. The van der Waals surface area contributed by atoms with E-state index in [1.165, 1.54) is 12.1 Å². The quantitative estimate of drug-likeness (QED) is 0.568. The molecular formula is C21H14FN3O2. The minimum atomic E-state index is -0.484. The average Bonchev–Trinajstić information content (AvgIpc) is 3.21. The minimum Gasteiger partial charge on any atom is -0.334 e. The van der Waals surface area contributed by atoms with E-state index in [0.717, 1.165) is 5.56 Å². The van der Waals surface area contributed by atoms with Gasteiger partial charge in [-0.3, -0.25) is 4.79 Å². The van der Waals surface area contributed by atoms with Gasteiger partial charge in [-0.25, -0.2) is 4.39 Å². The molecule has 1 N–H and O–H groups in total. The predicted octanol–water partition coefficient (Wildman–Crippen LogP) is 4.80. The van der Waals surface area contributed by atoms with Crippen molar-refractivity contribution in [2.45, 2.75) is 0 Å². The van der Waals surface area contributed by atoms with E-state index in [4.69, 9.17) is 4.52 Å². The molecule has 1 aromatic heterocycles. The lowest BCUT2D eigenvalue weighted by atomic mass is 10.1. The van der Waals surface area contributed by atoms with Gasteiger partial charge in [-0.2, -0.15) is 4.98 Å². The third-order valence-corrected chi connectivity index (χ3v) is 3.97. The van der Waals surface area contributed by atoms with E-state index < -0.39 is 11.7 Å². The van der Waals surface area contributed by atoms with E-state index in [-0.39, 0.29) is 5.69 Å². The van der Waals surface area contributed by atoms with Gasteiger partial charge in [0.1, 0.15) is 5.82 Å². The molecule has 4 rings (SSSR count). The first-order chi connectivity index (χ1) is 13.2. The topological polar surface area (TPSA) is 68.0 Å². The number of amides is 1. The van der Waals surface area contributed by atoms with Crippen LogP contribution in [0.2, 0.25) is 0 Å². The smallest absolute Gasteiger partial charge is 0.258 e. The molecule has 0 unspecified atom stereocenters. The van der Waals surface area contributed by atoms with Crippen molar-refractivity contribution >= 4 is 11.6 Å². The number of halogens is 1. The Bertz CT molecular complexity index is 1080. The van der Waals surface area contributed by atoms with E-state index >= 15 is 0 Å². The number of hydrogen-bond donors (Lipinski definition) is 1. The van der Waals surface area contributed by atoms with Crippen LogP contribution < -0.4 is 5.32 Å².